The summed E-state index contributed by atoms with van der Waals surface area (Å²) in [6.07, 6.45) is 0. The zero-order chi connectivity index (χ0) is 6.78. The molecule has 0 aliphatic carbocycles. The largest absolute Gasteiger partial charge is 1.00 e. The van der Waals surface area contributed by atoms with E-state index in [0.717, 1.165) is 0 Å². The summed E-state index contributed by atoms with van der Waals surface area (Å²) in [7, 11) is -5.22. The van der Waals surface area contributed by atoms with Crippen molar-refractivity contribution in [3.05, 3.63) is 0 Å². The van der Waals surface area contributed by atoms with E-state index in [1.807, 2.05) is 0 Å². The molecule has 0 saturated heterocycles. The fourth-order valence-corrected chi connectivity index (χ4v) is 0.346. The summed E-state index contributed by atoms with van der Waals surface area (Å²) in [4.78, 5) is 18.7. The molecule has 0 amide bonds. The monoisotopic (exact) mass is 188 g/mol. The van der Waals surface area contributed by atoms with E-state index in [1.165, 1.54) is 0 Å². The van der Waals surface area contributed by atoms with Crippen molar-refractivity contribution in [2.75, 3.05) is 0 Å². The first-order valence-electron chi connectivity index (χ1n) is 1.48. The molecule has 0 aliphatic heterocycles. The van der Waals surface area contributed by atoms with Crippen LogP contribution in [0.5, 0.6) is 0 Å². The van der Waals surface area contributed by atoms with Crippen LogP contribution in [0.25, 0.3) is 0 Å². The van der Waals surface area contributed by atoms with E-state index < -0.39 is 14.3 Å². The minimum Gasteiger partial charge on any atom is -0.790 e. The number of hydrogen-bond donors (Lipinski definition) is 2. The van der Waals surface area contributed by atoms with Crippen LogP contribution in [-0.4, -0.2) is 16.7 Å². The quantitative estimate of drug-likeness (QED) is 0.252. The van der Waals surface area contributed by atoms with Crippen LogP contribution in [0.4, 0.5) is 0 Å². The molecule has 0 aromatic rings. The van der Waals surface area contributed by atoms with Crippen LogP contribution in [-0.2, 0) is 9.09 Å². The predicted octanol–water partition coefficient (Wildman–Crippen LogP) is -8.89. The molecule has 0 aromatic carbocycles. The Balaban J connectivity index is -0.000000245. The molecular formula is CH3Na2O6P. The van der Waals surface area contributed by atoms with Crippen molar-refractivity contribution < 1.29 is 88.2 Å². The molecule has 6 nitrogen and oxygen atoms in total. The minimum absolute atomic E-state index is 0. The maximum Gasteiger partial charge on any atom is 1.00 e. The molecule has 0 fully saturated rings. The normalized spacial score (nSPS) is 10.1. The van der Waals surface area contributed by atoms with Crippen LogP contribution in [0.3, 0.4) is 0 Å². The van der Waals surface area contributed by atoms with E-state index in [-0.39, 0.29) is 59.1 Å². The van der Waals surface area contributed by atoms with Gasteiger partial charge in [-0.1, -0.05) is 0 Å². The Morgan fingerprint density at radius 2 is 1.60 bits per heavy atom. The van der Waals surface area contributed by atoms with Crippen molar-refractivity contribution in [1.82, 2.24) is 0 Å². The van der Waals surface area contributed by atoms with E-state index in [4.69, 9.17) is 10.2 Å². The van der Waals surface area contributed by atoms with Gasteiger partial charge in [0.25, 0.3) is 6.48 Å². The minimum atomic E-state index is -5.22. The molecule has 0 unspecified atom stereocenters. The molecular weight excluding hydrogens is 185 g/mol. The average molecular weight is 188 g/mol. The molecule has 0 radical (unpaired) electrons. The van der Waals surface area contributed by atoms with Crippen molar-refractivity contribution >= 4 is 7.82 Å². The molecule has 0 spiro atoms. The van der Waals surface area contributed by atoms with E-state index in [9.17, 15) is 14.4 Å². The Kier molecular flexibility index (Phi) is 13.8. The van der Waals surface area contributed by atoms with E-state index in [1.54, 1.807) is 0 Å². The summed E-state index contributed by atoms with van der Waals surface area (Å²) in [5.41, 5.74) is 0. The van der Waals surface area contributed by atoms with Crippen LogP contribution in [0.1, 0.15) is 0 Å². The molecule has 10 heavy (non-hydrogen) atoms. The van der Waals surface area contributed by atoms with Gasteiger partial charge in [0.05, 0.1) is 7.82 Å². The first kappa shape index (κ1) is 17.9. The van der Waals surface area contributed by atoms with Gasteiger partial charge in [-0.25, -0.2) is 0 Å². The number of phosphoric acid groups is 1. The Bertz CT molecular complexity index is 108. The summed E-state index contributed by atoms with van der Waals surface area (Å²) >= 11 is 0. The molecule has 0 saturated carbocycles. The molecule has 9 heteroatoms. The second-order valence-corrected chi connectivity index (χ2v) is 1.98. The molecule has 0 rings (SSSR count). The van der Waals surface area contributed by atoms with Gasteiger partial charge in [0.15, 0.2) is 0 Å². The van der Waals surface area contributed by atoms with Gasteiger partial charge < -0.3 is 24.6 Å². The topological polar surface area (TPSA) is 113 Å². The zero-order valence-corrected chi connectivity index (χ0v) is 10.4. The van der Waals surface area contributed by atoms with Crippen molar-refractivity contribution in [3.8, 4) is 0 Å². The smallest absolute Gasteiger partial charge is 0.790 e. The van der Waals surface area contributed by atoms with Gasteiger partial charge in [-0.05, 0) is 0 Å². The van der Waals surface area contributed by atoms with Crippen LogP contribution < -0.4 is 68.9 Å². The van der Waals surface area contributed by atoms with E-state index in [2.05, 4.69) is 4.52 Å². The molecule has 2 N–H and O–H groups in total. The van der Waals surface area contributed by atoms with Gasteiger partial charge in [-0.15, -0.1) is 0 Å². The third-order valence-corrected chi connectivity index (χ3v) is 0.670. The van der Waals surface area contributed by atoms with Crippen molar-refractivity contribution in [1.29, 1.82) is 0 Å². The maximum absolute atomic E-state index is 9.37. The fraction of sp³-hybridized carbons (Fsp3) is 1.00. The molecule has 0 aliphatic rings. The summed E-state index contributed by atoms with van der Waals surface area (Å²) in [6.45, 7) is -2.55. The van der Waals surface area contributed by atoms with Crippen molar-refractivity contribution in [3.63, 3.8) is 0 Å². The van der Waals surface area contributed by atoms with Crippen LogP contribution in [0, 0.1) is 0 Å². The van der Waals surface area contributed by atoms with Gasteiger partial charge >= 0.3 is 59.1 Å². The Labute approximate surface area is 101 Å². The summed E-state index contributed by atoms with van der Waals surface area (Å²) in [5, 5.41) is 15.3. The van der Waals surface area contributed by atoms with Gasteiger partial charge in [0.1, 0.15) is 0 Å². The second-order valence-electron chi connectivity index (χ2n) is 0.879. The van der Waals surface area contributed by atoms with Crippen LogP contribution >= 0.6 is 7.82 Å². The number of aliphatic hydroxyl groups is 2. The zero-order valence-electron chi connectivity index (χ0n) is 5.55. The van der Waals surface area contributed by atoms with Crippen LogP contribution in [0.15, 0.2) is 0 Å². The second kappa shape index (κ2) is 7.67. The van der Waals surface area contributed by atoms with Gasteiger partial charge in [-0.2, -0.15) is 0 Å². The average Bonchev–Trinajstić information content (AvgIpc) is 1.21. The summed E-state index contributed by atoms with van der Waals surface area (Å²) in [5.74, 6) is 0. The van der Waals surface area contributed by atoms with Crippen LogP contribution in [0.2, 0.25) is 0 Å². The molecule has 0 aromatic heterocycles. The summed E-state index contributed by atoms with van der Waals surface area (Å²) in [6, 6.07) is 0. The number of aliphatic hydroxyl groups excluding tert-OH is 1. The van der Waals surface area contributed by atoms with E-state index >= 15 is 0 Å². The molecule has 50 valence electrons. The predicted molar refractivity (Wildman–Crippen MR) is 16.9 cm³/mol. The Morgan fingerprint density at radius 1 is 1.30 bits per heavy atom. The van der Waals surface area contributed by atoms with Gasteiger partial charge in [-0.3, -0.25) is 4.52 Å². The number of rotatable bonds is 2. The Morgan fingerprint density at radius 3 is 1.60 bits per heavy atom. The fourth-order valence-electron chi connectivity index (χ4n) is 0.115. The van der Waals surface area contributed by atoms with Gasteiger partial charge in [0, 0.05) is 0 Å². The number of phosphoric ester groups is 1. The van der Waals surface area contributed by atoms with E-state index in [0.29, 0.717) is 0 Å². The number of hydrogen-bond acceptors (Lipinski definition) is 6. The first-order valence-corrected chi connectivity index (χ1v) is 2.94. The summed E-state index contributed by atoms with van der Waals surface area (Å²) < 4.78 is 12.4. The maximum atomic E-state index is 9.37. The van der Waals surface area contributed by atoms with Crippen molar-refractivity contribution in [2.24, 2.45) is 0 Å². The SMILES string of the molecule is O=P([O-])([O-])OC(O)O.[Na+].[Na+]. The third-order valence-electron chi connectivity index (χ3n) is 0.223. The molecule has 0 bridgehead atoms. The molecule has 0 heterocycles. The first-order chi connectivity index (χ1) is 3.42. The van der Waals surface area contributed by atoms with Crippen molar-refractivity contribution in [2.45, 2.75) is 6.48 Å². The Hall–Kier alpha value is 2.03. The standard InChI is InChI=1S/CH5O6P.2Na/c2-1(3)7-8(4,5)6;;/h1-3H,(H2,4,5,6);;/q;2*+1/p-2. The molecule has 0 atom stereocenters. The third kappa shape index (κ3) is 16.5. The van der Waals surface area contributed by atoms with Gasteiger partial charge in [0.2, 0.25) is 0 Å².